The monoisotopic (exact) mass is 361 g/mol. The van der Waals surface area contributed by atoms with Crippen molar-refractivity contribution in [2.24, 2.45) is 0 Å². The average molecular weight is 361 g/mol. The van der Waals surface area contributed by atoms with Crippen molar-refractivity contribution in [3.63, 3.8) is 0 Å². The smallest absolute Gasteiger partial charge is 0.230 e. The van der Waals surface area contributed by atoms with Crippen LogP contribution < -0.4 is 5.32 Å². The molecule has 0 spiro atoms. The van der Waals surface area contributed by atoms with Crippen molar-refractivity contribution in [1.82, 2.24) is 10.1 Å². The van der Waals surface area contributed by atoms with Crippen LogP contribution in [0.3, 0.4) is 0 Å². The van der Waals surface area contributed by atoms with E-state index in [1.54, 1.807) is 0 Å². The van der Waals surface area contributed by atoms with Gasteiger partial charge in [-0.2, -0.15) is 4.98 Å². The number of hydrogen-bond donors (Lipinski definition) is 1. The predicted octanol–water partition coefficient (Wildman–Crippen LogP) is 4.88. The molecular formula is C22H23N3O2. The van der Waals surface area contributed by atoms with E-state index in [1.165, 1.54) is 12.8 Å². The van der Waals surface area contributed by atoms with Gasteiger partial charge in [0.15, 0.2) is 0 Å². The molecule has 3 aromatic rings. The molecule has 4 rings (SSSR count). The van der Waals surface area contributed by atoms with Gasteiger partial charge in [0.2, 0.25) is 17.6 Å². The highest BCUT2D eigenvalue weighted by Gasteiger charge is 2.23. The quantitative estimate of drug-likeness (QED) is 0.703. The standard InChI is InChI=1S/C22H23N3O2/c1-15-7-2-3-10-17(15)14-20(26)23-19-12-6-11-18(13-19)21-24-22(27-25-21)16-8-4-5-9-16/h2-3,6-7,10-13,16H,4-5,8-9,14H2,1H3,(H,23,26). The van der Waals surface area contributed by atoms with E-state index in [0.717, 1.165) is 41.1 Å². The second kappa shape index (κ2) is 7.74. The number of aromatic nitrogens is 2. The van der Waals surface area contributed by atoms with Crippen LogP contribution >= 0.6 is 0 Å². The third-order valence-electron chi connectivity index (χ3n) is 5.16. The minimum Gasteiger partial charge on any atom is -0.339 e. The second-order valence-corrected chi connectivity index (χ2v) is 7.17. The van der Waals surface area contributed by atoms with Gasteiger partial charge in [-0.05, 0) is 43.0 Å². The zero-order valence-corrected chi connectivity index (χ0v) is 15.4. The Labute approximate surface area is 158 Å². The van der Waals surface area contributed by atoms with Crippen LogP contribution in [-0.4, -0.2) is 16.0 Å². The molecular weight excluding hydrogens is 338 g/mol. The van der Waals surface area contributed by atoms with E-state index in [4.69, 9.17) is 4.52 Å². The lowest BCUT2D eigenvalue weighted by Gasteiger charge is -2.08. The van der Waals surface area contributed by atoms with Crippen LogP contribution in [-0.2, 0) is 11.2 Å². The number of carbonyl (C=O) groups is 1. The summed E-state index contributed by atoms with van der Waals surface area (Å²) < 4.78 is 5.47. The molecule has 1 aliphatic carbocycles. The zero-order chi connectivity index (χ0) is 18.6. The lowest BCUT2D eigenvalue weighted by atomic mass is 10.1. The Morgan fingerprint density at radius 1 is 1.15 bits per heavy atom. The average Bonchev–Trinajstić information content (AvgIpc) is 3.35. The molecule has 5 nitrogen and oxygen atoms in total. The van der Waals surface area contributed by atoms with Gasteiger partial charge in [0.25, 0.3) is 0 Å². The topological polar surface area (TPSA) is 68.0 Å². The normalized spacial score (nSPS) is 14.4. The number of benzene rings is 2. The predicted molar refractivity (Wildman–Crippen MR) is 104 cm³/mol. The molecule has 0 unspecified atom stereocenters. The van der Waals surface area contributed by atoms with E-state index in [-0.39, 0.29) is 5.91 Å². The summed E-state index contributed by atoms with van der Waals surface area (Å²) in [5.41, 5.74) is 3.73. The summed E-state index contributed by atoms with van der Waals surface area (Å²) in [6.07, 6.45) is 5.05. The molecule has 1 heterocycles. The molecule has 1 fully saturated rings. The van der Waals surface area contributed by atoms with Crippen LogP contribution in [0.2, 0.25) is 0 Å². The number of aryl methyl sites for hydroxylation is 1. The molecule has 0 aliphatic heterocycles. The Morgan fingerprint density at radius 2 is 1.96 bits per heavy atom. The molecule has 1 aromatic heterocycles. The molecule has 1 amide bonds. The number of carbonyl (C=O) groups excluding carboxylic acids is 1. The van der Waals surface area contributed by atoms with Crippen molar-refractivity contribution in [2.75, 3.05) is 5.32 Å². The molecule has 0 saturated heterocycles. The van der Waals surface area contributed by atoms with Crippen molar-refractivity contribution in [3.8, 4) is 11.4 Å². The molecule has 5 heteroatoms. The van der Waals surface area contributed by atoms with Gasteiger partial charge >= 0.3 is 0 Å². The van der Waals surface area contributed by atoms with Gasteiger partial charge in [-0.15, -0.1) is 0 Å². The molecule has 1 saturated carbocycles. The lowest BCUT2D eigenvalue weighted by molar-refractivity contribution is -0.115. The summed E-state index contributed by atoms with van der Waals surface area (Å²) in [6.45, 7) is 2.02. The first-order valence-electron chi connectivity index (χ1n) is 9.47. The summed E-state index contributed by atoms with van der Waals surface area (Å²) in [5.74, 6) is 1.66. The first-order valence-corrected chi connectivity index (χ1v) is 9.47. The largest absolute Gasteiger partial charge is 0.339 e. The molecule has 1 N–H and O–H groups in total. The Kier molecular flexibility index (Phi) is 5.01. The van der Waals surface area contributed by atoms with Gasteiger partial charge in [-0.1, -0.05) is 54.4 Å². The highest BCUT2D eigenvalue weighted by atomic mass is 16.5. The van der Waals surface area contributed by atoms with E-state index < -0.39 is 0 Å². The summed E-state index contributed by atoms with van der Waals surface area (Å²) in [4.78, 5) is 17.0. The number of anilines is 1. The van der Waals surface area contributed by atoms with Gasteiger partial charge in [-0.3, -0.25) is 4.79 Å². The maximum absolute atomic E-state index is 12.4. The number of nitrogens with zero attached hydrogens (tertiary/aromatic N) is 2. The van der Waals surface area contributed by atoms with Crippen LogP contribution in [0.1, 0.15) is 48.6 Å². The van der Waals surface area contributed by atoms with E-state index in [0.29, 0.717) is 18.2 Å². The van der Waals surface area contributed by atoms with Gasteiger partial charge < -0.3 is 9.84 Å². The fraction of sp³-hybridized carbons (Fsp3) is 0.318. The summed E-state index contributed by atoms with van der Waals surface area (Å²) in [6, 6.07) is 15.5. The van der Waals surface area contributed by atoms with Crippen molar-refractivity contribution < 1.29 is 9.32 Å². The van der Waals surface area contributed by atoms with E-state index in [9.17, 15) is 4.79 Å². The summed E-state index contributed by atoms with van der Waals surface area (Å²) >= 11 is 0. The lowest BCUT2D eigenvalue weighted by Crippen LogP contribution is -2.15. The van der Waals surface area contributed by atoms with Crippen LogP contribution in [0.5, 0.6) is 0 Å². The summed E-state index contributed by atoms with van der Waals surface area (Å²) in [7, 11) is 0. The minimum atomic E-state index is -0.0405. The van der Waals surface area contributed by atoms with Gasteiger partial charge in [0.1, 0.15) is 0 Å². The number of rotatable bonds is 5. The van der Waals surface area contributed by atoms with Crippen LogP contribution in [0.15, 0.2) is 53.1 Å². The molecule has 27 heavy (non-hydrogen) atoms. The van der Waals surface area contributed by atoms with Crippen molar-refractivity contribution >= 4 is 11.6 Å². The van der Waals surface area contributed by atoms with Gasteiger partial charge in [-0.25, -0.2) is 0 Å². The van der Waals surface area contributed by atoms with Crippen molar-refractivity contribution in [1.29, 1.82) is 0 Å². The molecule has 138 valence electrons. The molecule has 1 aliphatic rings. The Bertz CT molecular complexity index is 942. The van der Waals surface area contributed by atoms with E-state index in [2.05, 4.69) is 15.5 Å². The molecule has 0 atom stereocenters. The van der Waals surface area contributed by atoms with Crippen molar-refractivity contribution in [3.05, 3.63) is 65.5 Å². The first-order chi connectivity index (χ1) is 13.2. The van der Waals surface area contributed by atoms with E-state index >= 15 is 0 Å². The minimum absolute atomic E-state index is 0.0405. The second-order valence-electron chi connectivity index (χ2n) is 7.17. The number of hydrogen-bond acceptors (Lipinski definition) is 4. The fourth-order valence-electron chi connectivity index (χ4n) is 3.61. The molecule has 0 radical (unpaired) electrons. The summed E-state index contributed by atoms with van der Waals surface area (Å²) in [5, 5.41) is 7.10. The highest BCUT2D eigenvalue weighted by Crippen LogP contribution is 2.34. The Morgan fingerprint density at radius 3 is 2.78 bits per heavy atom. The van der Waals surface area contributed by atoms with Gasteiger partial charge in [0, 0.05) is 17.2 Å². The maximum atomic E-state index is 12.4. The zero-order valence-electron chi connectivity index (χ0n) is 15.4. The maximum Gasteiger partial charge on any atom is 0.230 e. The number of nitrogens with one attached hydrogen (secondary N) is 1. The molecule has 2 aromatic carbocycles. The van der Waals surface area contributed by atoms with Crippen LogP contribution in [0.25, 0.3) is 11.4 Å². The third-order valence-corrected chi connectivity index (χ3v) is 5.16. The van der Waals surface area contributed by atoms with Crippen LogP contribution in [0, 0.1) is 6.92 Å². The van der Waals surface area contributed by atoms with Gasteiger partial charge in [0.05, 0.1) is 6.42 Å². The molecule has 0 bridgehead atoms. The Hall–Kier alpha value is -2.95. The Balaban J connectivity index is 1.46. The third kappa shape index (κ3) is 4.08. The van der Waals surface area contributed by atoms with E-state index in [1.807, 2.05) is 55.5 Å². The van der Waals surface area contributed by atoms with Crippen LogP contribution in [0.4, 0.5) is 5.69 Å². The SMILES string of the molecule is Cc1ccccc1CC(=O)Nc1cccc(-c2noc(C3CCCC3)n2)c1. The first kappa shape index (κ1) is 17.5. The fourth-order valence-corrected chi connectivity index (χ4v) is 3.61. The highest BCUT2D eigenvalue weighted by molar-refractivity contribution is 5.93. The van der Waals surface area contributed by atoms with Crippen molar-refractivity contribution in [2.45, 2.75) is 44.9 Å². The number of amides is 1.